The molecule has 1 aromatic rings. The summed E-state index contributed by atoms with van der Waals surface area (Å²) in [7, 11) is 0. The van der Waals surface area contributed by atoms with Gasteiger partial charge in [-0.3, -0.25) is 0 Å². The van der Waals surface area contributed by atoms with Gasteiger partial charge in [0.2, 0.25) is 0 Å². The van der Waals surface area contributed by atoms with Gasteiger partial charge in [0, 0.05) is 11.4 Å². The lowest BCUT2D eigenvalue weighted by Crippen LogP contribution is -2.23. The third-order valence-electron chi connectivity index (χ3n) is 2.07. The van der Waals surface area contributed by atoms with Gasteiger partial charge in [-0.2, -0.15) is 0 Å². The van der Waals surface area contributed by atoms with Crippen molar-refractivity contribution in [2.24, 2.45) is 5.73 Å². The molecule has 0 radical (unpaired) electrons. The van der Waals surface area contributed by atoms with Crippen LogP contribution in [0.1, 0.15) is 19.8 Å². The molecule has 2 N–H and O–H groups in total. The van der Waals surface area contributed by atoms with Gasteiger partial charge in [-0.05, 0) is 40.5 Å². The van der Waals surface area contributed by atoms with Crippen LogP contribution in [-0.4, -0.2) is 11.1 Å². The normalized spacial score (nSPS) is 12.2. The molecule has 0 heterocycles. The molecule has 0 saturated carbocycles. The highest BCUT2D eigenvalue weighted by Gasteiger charge is 2.11. The zero-order valence-electron chi connectivity index (χ0n) is 8.87. The highest BCUT2D eigenvalue weighted by molar-refractivity contribution is 9.10. The van der Waals surface area contributed by atoms with Gasteiger partial charge >= 0.3 is 0 Å². The minimum Gasteiger partial charge on any atom is -0.489 e. The summed E-state index contributed by atoms with van der Waals surface area (Å²) >= 11 is 14.1. The molecule has 2 nitrogen and oxygen atoms in total. The van der Waals surface area contributed by atoms with Gasteiger partial charge in [0.15, 0.2) is 0 Å². The van der Waals surface area contributed by atoms with Crippen LogP contribution < -0.4 is 10.5 Å². The Kier molecular flexibility index (Phi) is 5.52. The number of benzene rings is 1. The van der Waals surface area contributed by atoms with Crippen LogP contribution in [0, 0.1) is 0 Å². The quantitative estimate of drug-likeness (QED) is 0.834. The number of ether oxygens (including phenoxy) is 1. The average molecular weight is 323 g/mol. The van der Waals surface area contributed by atoms with E-state index in [-0.39, 0.29) is 6.10 Å². The van der Waals surface area contributed by atoms with Crippen LogP contribution in [0.25, 0.3) is 0 Å². The molecule has 1 rings (SSSR count). The van der Waals surface area contributed by atoms with Crippen molar-refractivity contribution in [2.75, 3.05) is 0 Å². The third-order valence-corrected chi connectivity index (χ3v) is 3.09. The first-order valence-electron chi connectivity index (χ1n) is 4.93. The van der Waals surface area contributed by atoms with Crippen LogP contribution >= 0.6 is 39.7 Å². The van der Waals surface area contributed by atoms with E-state index in [2.05, 4.69) is 15.9 Å². The van der Waals surface area contributed by atoms with Gasteiger partial charge in [0.05, 0.1) is 9.46 Å². The molecule has 0 spiro atoms. The Hall–Kier alpha value is -0.320. The first-order valence-corrected chi connectivity index (χ1v) is 6.50. The summed E-state index contributed by atoms with van der Waals surface area (Å²) in [6.07, 6.45) is 1.45. The molecule has 0 aliphatic rings. The Morgan fingerprint density at radius 2 is 2.31 bits per heavy atom. The molecule has 0 aliphatic carbocycles. The van der Waals surface area contributed by atoms with Crippen LogP contribution in [0.5, 0.6) is 5.75 Å². The first-order chi connectivity index (χ1) is 7.52. The monoisotopic (exact) mass is 321 g/mol. The Bertz CT molecular complexity index is 386. The topological polar surface area (TPSA) is 35.2 Å². The fraction of sp³-hybridized carbons (Fsp3) is 0.364. The average Bonchev–Trinajstić information content (AvgIpc) is 2.20. The molecule has 16 heavy (non-hydrogen) atoms. The zero-order valence-corrected chi connectivity index (χ0v) is 12.0. The van der Waals surface area contributed by atoms with Crippen molar-refractivity contribution in [2.45, 2.75) is 25.9 Å². The van der Waals surface area contributed by atoms with Crippen molar-refractivity contribution >= 4 is 44.7 Å². The van der Waals surface area contributed by atoms with Gasteiger partial charge in [-0.25, -0.2) is 0 Å². The van der Waals surface area contributed by atoms with Crippen molar-refractivity contribution < 1.29 is 4.74 Å². The smallest absolute Gasteiger partial charge is 0.134 e. The molecule has 0 aliphatic heterocycles. The molecule has 88 valence electrons. The van der Waals surface area contributed by atoms with Crippen LogP contribution in [0.15, 0.2) is 22.7 Å². The SMILES string of the molecule is CCC(CC(N)=S)Oc1ccc(Cl)cc1Br. The fourth-order valence-electron chi connectivity index (χ4n) is 1.24. The number of thiocarbonyl (C=S) groups is 1. The summed E-state index contributed by atoms with van der Waals surface area (Å²) in [5, 5.41) is 0.668. The number of hydrogen-bond acceptors (Lipinski definition) is 2. The highest BCUT2D eigenvalue weighted by Crippen LogP contribution is 2.29. The number of halogens is 2. The maximum Gasteiger partial charge on any atom is 0.134 e. The molecule has 0 saturated heterocycles. The summed E-state index contributed by atoms with van der Waals surface area (Å²) < 4.78 is 6.62. The Labute approximate surface area is 114 Å². The van der Waals surface area contributed by atoms with E-state index < -0.39 is 0 Å². The molecule has 0 bridgehead atoms. The standard InChI is InChI=1S/C11H13BrClNOS/c1-2-8(6-11(14)16)15-10-4-3-7(13)5-9(10)12/h3-5,8H,2,6H2,1H3,(H2,14,16). The van der Waals surface area contributed by atoms with Crippen LogP contribution in [0.3, 0.4) is 0 Å². The molecule has 0 amide bonds. The van der Waals surface area contributed by atoms with Crippen LogP contribution in [0.2, 0.25) is 5.02 Å². The predicted molar refractivity (Wildman–Crippen MR) is 75.3 cm³/mol. The van der Waals surface area contributed by atoms with Gasteiger partial charge in [-0.1, -0.05) is 30.7 Å². The molecule has 1 aromatic carbocycles. The molecule has 1 atom stereocenters. The summed E-state index contributed by atoms with van der Waals surface area (Å²) in [4.78, 5) is 0.469. The molecular weight excluding hydrogens is 310 g/mol. The van der Waals surface area contributed by atoms with Gasteiger partial charge in [-0.15, -0.1) is 0 Å². The van der Waals surface area contributed by atoms with E-state index in [1.165, 1.54) is 0 Å². The second kappa shape index (κ2) is 6.42. The van der Waals surface area contributed by atoms with Crippen molar-refractivity contribution in [3.05, 3.63) is 27.7 Å². The third kappa shape index (κ3) is 4.28. The van der Waals surface area contributed by atoms with E-state index in [1.54, 1.807) is 12.1 Å². The Balaban J connectivity index is 2.73. The maximum atomic E-state index is 5.85. The van der Waals surface area contributed by atoms with Gasteiger partial charge < -0.3 is 10.5 Å². The second-order valence-electron chi connectivity index (χ2n) is 3.39. The lowest BCUT2D eigenvalue weighted by Gasteiger charge is -2.17. The van der Waals surface area contributed by atoms with E-state index >= 15 is 0 Å². The molecular formula is C11H13BrClNOS. The fourth-order valence-corrected chi connectivity index (χ4v) is 2.21. The largest absolute Gasteiger partial charge is 0.489 e. The first kappa shape index (κ1) is 13.7. The zero-order chi connectivity index (χ0) is 12.1. The molecule has 0 aromatic heterocycles. The van der Waals surface area contributed by atoms with E-state index in [1.807, 2.05) is 13.0 Å². The highest BCUT2D eigenvalue weighted by atomic mass is 79.9. The minimum absolute atomic E-state index is 0.00924. The second-order valence-corrected chi connectivity index (χ2v) is 5.21. The number of nitrogens with two attached hydrogens (primary N) is 1. The Morgan fingerprint density at radius 3 is 2.81 bits per heavy atom. The molecule has 1 unspecified atom stereocenters. The van der Waals surface area contributed by atoms with Crippen molar-refractivity contribution in [1.29, 1.82) is 0 Å². The van der Waals surface area contributed by atoms with E-state index in [0.717, 1.165) is 16.6 Å². The van der Waals surface area contributed by atoms with Crippen molar-refractivity contribution in [3.63, 3.8) is 0 Å². The van der Waals surface area contributed by atoms with Gasteiger partial charge in [0.1, 0.15) is 11.9 Å². The lowest BCUT2D eigenvalue weighted by molar-refractivity contribution is 0.204. The van der Waals surface area contributed by atoms with Crippen LogP contribution in [-0.2, 0) is 0 Å². The van der Waals surface area contributed by atoms with E-state index in [4.69, 9.17) is 34.3 Å². The van der Waals surface area contributed by atoms with E-state index in [9.17, 15) is 0 Å². The van der Waals surface area contributed by atoms with Gasteiger partial charge in [0.25, 0.3) is 0 Å². The number of rotatable bonds is 5. The van der Waals surface area contributed by atoms with Crippen molar-refractivity contribution in [1.82, 2.24) is 0 Å². The van der Waals surface area contributed by atoms with Crippen LogP contribution in [0.4, 0.5) is 0 Å². The summed E-state index contributed by atoms with van der Waals surface area (Å²) in [6.45, 7) is 2.03. The summed E-state index contributed by atoms with van der Waals surface area (Å²) in [6, 6.07) is 5.41. The summed E-state index contributed by atoms with van der Waals surface area (Å²) in [5.41, 5.74) is 5.50. The molecule has 5 heteroatoms. The summed E-state index contributed by atoms with van der Waals surface area (Å²) in [5.74, 6) is 0.757. The van der Waals surface area contributed by atoms with Crippen molar-refractivity contribution in [3.8, 4) is 5.75 Å². The predicted octanol–water partition coefficient (Wildman–Crippen LogP) is 3.94. The maximum absolute atomic E-state index is 5.85. The van der Waals surface area contributed by atoms with E-state index in [0.29, 0.717) is 16.4 Å². The Morgan fingerprint density at radius 1 is 1.62 bits per heavy atom. The molecule has 0 fully saturated rings. The lowest BCUT2D eigenvalue weighted by atomic mass is 10.2. The minimum atomic E-state index is 0.00924. The number of hydrogen-bond donors (Lipinski definition) is 1.